The second-order valence-corrected chi connectivity index (χ2v) is 5.25. The number of carboxylic acids is 1. The van der Waals surface area contributed by atoms with E-state index >= 15 is 0 Å². The molecule has 2 amide bonds. The lowest BCUT2D eigenvalue weighted by atomic mass is 10.2. The van der Waals surface area contributed by atoms with Crippen LogP contribution in [0, 0.1) is 0 Å². The number of thiophene rings is 1. The number of amides is 2. The predicted molar refractivity (Wildman–Crippen MR) is 75.3 cm³/mol. The van der Waals surface area contributed by atoms with Crippen molar-refractivity contribution in [2.24, 2.45) is 0 Å². The van der Waals surface area contributed by atoms with Gasteiger partial charge in [-0.3, -0.25) is 0 Å². The van der Waals surface area contributed by atoms with Crippen molar-refractivity contribution in [1.29, 1.82) is 0 Å². The summed E-state index contributed by atoms with van der Waals surface area (Å²) in [6, 6.07) is 2.76. The monoisotopic (exact) mass is 284 g/mol. The van der Waals surface area contributed by atoms with E-state index in [9.17, 15) is 9.59 Å². The fourth-order valence-corrected chi connectivity index (χ4v) is 2.42. The third-order valence-electron chi connectivity index (χ3n) is 2.77. The lowest BCUT2D eigenvalue weighted by Crippen LogP contribution is -2.47. The fourth-order valence-electron chi connectivity index (χ4n) is 1.70. The van der Waals surface area contributed by atoms with Gasteiger partial charge in [-0.25, -0.2) is 9.59 Å². The third kappa shape index (κ3) is 4.90. The summed E-state index contributed by atoms with van der Waals surface area (Å²) < 4.78 is 0. The summed E-state index contributed by atoms with van der Waals surface area (Å²) in [6.07, 6.45) is 1.16. The summed E-state index contributed by atoms with van der Waals surface area (Å²) in [5.41, 5.74) is 0. The van der Waals surface area contributed by atoms with Gasteiger partial charge >= 0.3 is 12.0 Å². The van der Waals surface area contributed by atoms with Crippen molar-refractivity contribution in [3.05, 3.63) is 22.4 Å². The topological polar surface area (TPSA) is 69.6 Å². The van der Waals surface area contributed by atoms with E-state index in [-0.39, 0.29) is 6.03 Å². The van der Waals surface area contributed by atoms with Gasteiger partial charge in [-0.05, 0) is 24.8 Å². The molecule has 0 aliphatic heterocycles. The van der Waals surface area contributed by atoms with Gasteiger partial charge in [0, 0.05) is 11.4 Å². The zero-order valence-electron chi connectivity index (χ0n) is 11.3. The molecular formula is C13H20N2O3S. The highest BCUT2D eigenvalue weighted by atomic mass is 32.1. The van der Waals surface area contributed by atoms with E-state index in [1.807, 2.05) is 31.4 Å². The number of carbonyl (C=O) groups excluding carboxylic acids is 1. The minimum Gasteiger partial charge on any atom is -0.480 e. The molecule has 0 saturated carbocycles. The molecule has 0 fully saturated rings. The average molecular weight is 284 g/mol. The Morgan fingerprint density at radius 3 is 2.68 bits per heavy atom. The van der Waals surface area contributed by atoms with Crippen LogP contribution >= 0.6 is 11.3 Å². The van der Waals surface area contributed by atoms with Crippen molar-refractivity contribution in [3.63, 3.8) is 0 Å². The zero-order chi connectivity index (χ0) is 14.3. The predicted octanol–water partition coefficient (Wildman–Crippen LogP) is 2.53. The van der Waals surface area contributed by atoms with Gasteiger partial charge in [0.25, 0.3) is 0 Å². The first-order chi connectivity index (χ1) is 9.08. The second kappa shape index (κ2) is 7.78. The Labute approximate surface area is 117 Å². The Balaban J connectivity index is 2.59. The van der Waals surface area contributed by atoms with Crippen molar-refractivity contribution in [2.75, 3.05) is 6.54 Å². The molecule has 1 heterocycles. The van der Waals surface area contributed by atoms with Gasteiger partial charge < -0.3 is 15.3 Å². The molecule has 0 aliphatic carbocycles. The smallest absolute Gasteiger partial charge is 0.326 e. The standard InChI is InChI=1S/C13H20N2O3S/c1-3-6-11(12(16)17)14-13(18)15(4-2)9-10-7-5-8-19-10/h5,7-8,11H,3-4,6,9H2,1-2H3,(H,14,18)(H,16,17)/t11-/m1/s1. The molecule has 6 heteroatoms. The highest BCUT2D eigenvalue weighted by Gasteiger charge is 2.21. The molecule has 1 aromatic rings. The summed E-state index contributed by atoms with van der Waals surface area (Å²) in [4.78, 5) is 25.8. The van der Waals surface area contributed by atoms with Crippen molar-refractivity contribution < 1.29 is 14.7 Å². The van der Waals surface area contributed by atoms with Crippen LogP contribution in [-0.4, -0.2) is 34.6 Å². The average Bonchev–Trinajstić information content (AvgIpc) is 2.87. The van der Waals surface area contributed by atoms with E-state index in [4.69, 9.17) is 5.11 Å². The summed E-state index contributed by atoms with van der Waals surface area (Å²) >= 11 is 1.58. The second-order valence-electron chi connectivity index (χ2n) is 4.22. The Hall–Kier alpha value is -1.56. The van der Waals surface area contributed by atoms with Crippen LogP contribution in [-0.2, 0) is 11.3 Å². The number of rotatable bonds is 7. The lowest BCUT2D eigenvalue weighted by Gasteiger charge is -2.23. The molecule has 5 nitrogen and oxygen atoms in total. The number of hydrogen-bond acceptors (Lipinski definition) is 3. The van der Waals surface area contributed by atoms with Crippen LogP contribution < -0.4 is 5.32 Å². The molecule has 0 bridgehead atoms. The van der Waals surface area contributed by atoms with Gasteiger partial charge in [-0.1, -0.05) is 19.4 Å². The SMILES string of the molecule is CCC[C@@H](NC(=O)N(CC)Cc1cccs1)C(=O)O. The largest absolute Gasteiger partial charge is 0.480 e. The van der Waals surface area contributed by atoms with Gasteiger partial charge in [0.2, 0.25) is 0 Å². The van der Waals surface area contributed by atoms with Gasteiger partial charge in [0.1, 0.15) is 6.04 Å². The molecule has 1 aromatic heterocycles. The first-order valence-corrected chi connectivity index (χ1v) is 7.27. The van der Waals surface area contributed by atoms with E-state index in [2.05, 4.69) is 5.32 Å². The first kappa shape index (κ1) is 15.5. The van der Waals surface area contributed by atoms with Crippen LogP contribution in [0.15, 0.2) is 17.5 Å². The van der Waals surface area contributed by atoms with E-state index in [1.54, 1.807) is 16.2 Å². The van der Waals surface area contributed by atoms with Crippen LogP contribution in [0.3, 0.4) is 0 Å². The molecule has 0 radical (unpaired) electrons. The molecule has 1 atom stereocenters. The van der Waals surface area contributed by atoms with E-state index in [1.165, 1.54) is 0 Å². The molecule has 19 heavy (non-hydrogen) atoms. The molecule has 0 unspecified atom stereocenters. The molecule has 1 rings (SSSR count). The van der Waals surface area contributed by atoms with Gasteiger partial charge in [-0.2, -0.15) is 0 Å². The number of nitrogens with one attached hydrogen (secondary N) is 1. The molecule has 2 N–H and O–H groups in total. The number of nitrogens with zero attached hydrogens (tertiary/aromatic N) is 1. The Bertz CT molecular complexity index is 406. The van der Waals surface area contributed by atoms with Crippen LogP contribution in [0.2, 0.25) is 0 Å². The van der Waals surface area contributed by atoms with Crippen LogP contribution in [0.4, 0.5) is 4.79 Å². The van der Waals surface area contributed by atoms with Crippen molar-refractivity contribution in [2.45, 2.75) is 39.3 Å². The van der Waals surface area contributed by atoms with E-state index in [0.717, 1.165) is 4.88 Å². The lowest BCUT2D eigenvalue weighted by molar-refractivity contribution is -0.139. The number of urea groups is 1. The number of carbonyl (C=O) groups is 2. The number of carboxylic acid groups (broad SMARTS) is 1. The summed E-state index contributed by atoms with van der Waals surface area (Å²) in [5.74, 6) is -0.984. The van der Waals surface area contributed by atoms with E-state index < -0.39 is 12.0 Å². The maximum atomic E-state index is 12.0. The summed E-state index contributed by atoms with van der Waals surface area (Å²) in [5, 5.41) is 13.6. The molecular weight excluding hydrogens is 264 g/mol. The summed E-state index contributed by atoms with van der Waals surface area (Å²) in [7, 11) is 0. The molecule has 106 valence electrons. The maximum absolute atomic E-state index is 12.0. The minimum absolute atomic E-state index is 0.322. The van der Waals surface area contributed by atoms with Crippen LogP contribution in [0.5, 0.6) is 0 Å². The van der Waals surface area contributed by atoms with Crippen molar-refractivity contribution in [3.8, 4) is 0 Å². The molecule has 0 saturated heterocycles. The maximum Gasteiger partial charge on any atom is 0.326 e. The van der Waals surface area contributed by atoms with E-state index in [0.29, 0.717) is 25.9 Å². The Kier molecular flexibility index (Phi) is 6.35. The van der Waals surface area contributed by atoms with Gasteiger partial charge in [0.15, 0.2) is 0 Å². The number of hydrogen-bond donors (Lipinski definition) is 2. The Morgan fingerprint density at radius 2 is 2.21 bits per heavy atom. The normalized spacial score (nSPS) is 11.9. The molecule has 0 spiro atoms. The van der Waals surface area contributed by atoms with Gasteiger partial charge in [-0.15, -0.1) is 11.3 Å². The highest BCUT2D eigenvalue weighted by molar-refractivity contribution is 7.09. The zero-order valence-corrected chi connectivity index (χ0v) is 12.1. The highest BCUT2D eigenvalue weighted by Crippen LogP contribution is 2.12. The minimum atomic E-state index is -0.984. The van der Waals surface area contributed by atoms with Crippen molar-refractivity contribution >= 4 is 23.3 Å². The first-order valence-electron chi connectivity index (χ1n) is 6.39. The fraction of sp³-hybridized carbons (Fsp3) is 0.538. The molecule has 0 aromatic carbocycles. The van der Waals surface area contributed by atoms with Crippen molar-refractivity contribution in [1.82, 2.24) is 10.2 Å². The number of aliphatic carboxylic acids is 1. The van der Waals surface area contributed by atoms with Crippen LogP contribution in [0.1, 0.15) is 31.6 Å². The summed E-state index contributed by atoms with van der Waals surface area (Å²) in [6.45, 7) is 4.83. The van der Waals surface area contributed by atoms with Gasteiger partial charge in [0.05, 0.1) is 6.54 Å². The third-order valence-corrected chi connectivity index (χ3v) is 3.63. The Morgan fingerprint density at radius 1 is 1.47 bits per heavy atom. The molecule has 0 aliphatic rings. The quantitative estimate of drug-likeness (QED) is 0.808. The van der Waals surface area contributed by atoms with Crippen LogP contribution in [0.25, 0.3) is 0 Å².